The molecule has 0 aromatic rings. The first-order valence-corrected chi connectivity index (χ1v) is 6.86. The molecule has 0 radical (unpaired) electrons. The predicted molar refractivity (Wildman–Crippen MR) is 68.6 cm³/mol. The summed E-state index contributed by atoms with van der Waals surface area (Å²) in [5.74, 6) is 0. The molecule has 0 amide bonds. The average Bonchev–Trinajstić information content (AvgIpc) is 2.58. The smallest absolute Gasteiger partial charge is 0.189 e. The van der Waals surface area contributed by atoms with Crippen LogP contribution in [-0.4, -0.2) is 115 Å². The van der Waals surface area contributed by atoms with Crippen molar-refractivity contribution >= 4 is 0 Å². The lowest BCUT2D eigenvalue weighted by Crippen LogP contribution is -2.63. The summed E-state index contributed by atoms with van der Waals surface area (Å²) in [6.07, 6.45) is -21.1. The minimum absolute atomic E-state index is 0.871. The SMILES string of the molecule is [2H][C@@]1(O[C@@]2([2H])OC(CO)[C@@H](O)[C@H](O)C2O)OC(CO)[C@@H](O)C(O)C1O. The normalized spacial score (nSPS) is 59.3. The maximum absolute atomic E-state index is 9.94. The second-order valence-electron chi connectivity index (χ2n) is 5.27. The fourth-order valence-corrected chi connectivity index (χ4v) is 2.23. The largest absolute Gasteiger partial charge is 0.394 e. The molecule has 2 aliphatic heterocycles. The molecule has 11 nitrogen and oxygen atoms in total. The first-order chi connectivity index (χ1) is 11.5. The van der Waals surface area contributed by atoms with E-state index in [1.54, 1.807) is 0 Å². The molecule has 0 bridgehead atoms. The van der Waals surface area contributed by atoms with Crippen LogP contribution in [0.25, 0.3) is 0 Å². The molecule has 2 heterocycles. The fraction of sp³-hybridized carbons (Fsp3) is 1.00. The molecule has 10 atom stereocenters. The molecule has 2 saturated heterocycles. The molecule has 2 fully saturated rings. The Hall–Kier alpha value is -0.440. The highest BCUT2D eigenvalue weighted by Gasteiger charge is 2.49. The van der Waals surface area contributed by atoms with Crippen molar-refractivity contribution in [3.63, 3.8) is 0 Å². The van der Waals surface area contributed by atoms with Crippen molar-refractivity contribution < 1.29 is 57.8 Å². The van der Waals surface area contributed by atoms with Gasteiger partial charge in [0.05, 0.1) is 16.0 Å². The number of aliphatic hydroxyl groups is 8. The van der Waals surface area contributed by atoms with Crippen molar-refractivity contribution in [3.05, 3.63) is 0 Å². The van der Waals surface area contributed by atoms with Gasteiger partial charge in [-0.1, -0.05) is 0 Å². The Morgan fingerprint density at radius 2 is 1.00 bits per heavy atom. The van der Waals surface area contributed by atoms with E-state index in [1.807, 2.05) is 0 Å². The molecule has 11 heteroatoms. The molecule has 0 spiro atoms. The van der Waals surface area contributed by atoms with Gasteiger partial charge in [0.25, 0.3) is 0 Å². The van der Waals surface area contributed by atoms with Crippen LogP contribution in [0, 0.1) is 0 Å². The third-order valence-electron chi connectivity index (χ3n) is 3.69. The lowest BCUT2D eigenvalue weighted by atomic mass is 9.98. The van der Waals surface area contributed by atoms with Crippen molar-refractivity contribution in [2.24, 2.45) is 0 Å². The van der Waals surface area contributed by atoms with Gasteiger partial charge in [-0.05, 0) is 0 Å². The first kappa shape index (κ1) is 16.1. The van der Waals surface area contributed by atoms with Crippen LogP contribution in [0.4, 0.5) is 0 Å². The Bertz CT molecular complexity index is 428. The third-order valence-corrected chi connectivity index (χ3v) is 3.69. The number of rotatable bonds is 4. The number of hydrogen-bond donors (Lipinski definition) is 8. The fourth-order valence-electron chi connectivity index (χ4n) is 2.23. The lowest BCUT2D eigenvalue weighted by molar-refractivity contribution is -0.376. The molecule has 0 aromatic heterocycles. The van der Waals surface area contributed by atoms with Gasteiger partial charge in [0.2, 0.25) is 0 Å². The van der Waals surface area contributed by atoms with Crippen LogP contribution >= 0.6 is 0 Å². The van der Waals surface area contributed by atoms with Gasteiger partial charge in [-0.15, -0.1) is 0 Å². The van der Waals surface area contributed by atoms with E-state index in [0.29, 0.717) is 0 Å². The predicted octanol–water partition coefficient (Wildman–Crippen LogP) is -5.40. The van der Waals surface area contributed by atoms with Crippen LogP contribution in [0.3, 0.4) is 0 Å². The Morgan fingerprint density at radius 3 is 1.30 bits per heavy atom. The Balaban J connectivity index is 2.28. The zero-order valence-electron chi connectivity index (χ0n) is 13.8. The van der Waals surface area contributed by atoms with Crippen molar-refractivity contribution in [3.8, 4) is 0 Å². The minimum Gasteiger partial charge on any atom is -0.394 e. The van der Waals surface area contributed by atoms with Gasteiger partial charge < -0.3 is 55.1 Å². The number of hydrogen-bond acceptors (Lipinski definition) is 11. The third kappa shape index (κ3) is 3.65. The molecule has 5 unspecified atom stereocenters. The molecular weight excluding hydrogens is 320 g/mol. The van der Waals surface area contributed by atoms with Crippen molar-refractivity contribution in [2.75, 3.05) is 13.2 Å². The van der Waals surface area contributed by atoms with E-state index in [1.165, 1.54) is 0 Å². The van der Waals surface area contributed by atoms with Crippen LogP contribution in [0.2, 0.25) is 0 Å². The Labute approximate surface area is 133 Å². The highest BCUT2D eigenvalue weighted by molar-refractivity contribution is 4.92. The topological polar surface area (TPSA) is 190 Å². The summed E-state index contributed by atoms with van der Waals surface area (Å²) in [5, 5.41) is 77.0. The minimum atomic E-state index is -2.99. The molecular formula is C12H22O11. The Morgan fingerprint density at radius 1 is 0.652 bits per heavy atom. The summed E-state index contributed by atoms with van der Waals surface area (Å²) in [7, 11) is 0. The molecule has 0 aromatic carbocycles. The highest BCUT2D eigenvalue weighted by Crippen LogP contribution is 2.27. The molecule has 136 valence electrons. The maximum atomic E-state index is 9.94. The van der Waals surface area contributed by atoms with Crippen LogP contribution in [0.15, 0.2) is 0 Å². The van der Waals surface area contributed by atoms with E-state index in [4.69, 9.17) is 27.2 Å². The standard InChI is InChI=1S/C12H22O11/c13-1-3-5(15)7(17)9(19)11(21-3)23-12-10(20)8(18)6(16)4(2-14)22-12/h3-20H,1-2H2/t3?,4?,5-,6-,7+,8?,9?,10?,11-,12+/m1/s1/i11D,12D. The number of aliphatic hydroxyl groups excluding tert-OH is 8. The van der Waals surface area contributed by atoms with E-state index in [0.717, 1.165) is 0 Å². The van der Waals surface area contributed by atoms with Crippen molar-refractivity contribution in [1.29, 1.82) is 0 Å². The zero-order valence-corrected chi connectivity index (χ0v) is 11.8. The van der Waals surface area contributed by atoms with E-state index < -0.39 is 74.6 Å². The monoisotopic (exact) mass is 344 g/mol. The quantitative estimate of drug-likeness (QED) is 0.243. The van der Waals surface area contributed by atoms with Gasteiger partial charge in [0, 0.05) is 0 Å². The second-order valence-corrected chi connectivity index (χ2v) is 5.27. The van der Waals surface area contributed by atoms with Crippen molar-refractivity contribution in [1.82, 2.24) is 0 Å². The van der Waals surface area contributed by atoms with Gasteiger partial charge in [0.1, 0.15) is 48.8 Å². The molecule has 0 aliphatic carbocycles. The zero-order chi connectivity index (χ0) is 19.2. The first-order valence-electron chi connectivity index (χ1n) is 7.86. The average molecular weight is 344 g/mol. The summed E-state index contributed by atoms with van der Waals surface area (Å²) < 4.78 is 30.6. The van der Waals surface area contributed by atoms with E-state index in [-0.39, 0.29) is 0 Å². The van der Waals surface area contributed by atoms with Gasteiger partial charge in [-0.2, -0.15) is 0 Å². The summed E-state index contributed by atoms with van der Waals surface area (Å²) in [5.41, 5.74) is 0. The van der Waals surface area contributed by atoms with Crippen LogP contribution in [0.1, 0.15) is 2.74 Å². The van der Waals surface area contributed by atoms with E-state index >= 15 is 0 Å². The molecule has 2 aliphatic rings. The molecule has 23 heavy (non-hydrogen) atoms. The van der Waals surface area contributed by atoms with Crippen LogP contribution in [0.5, 0.6) is 0 Å². The van der Waals surface area contributed by atoms with E-state index in [2.05, 4.69) is 0 Å². The Kier molecular flexibility index (Phi) is 5.33. The van der Waals surface area contributed by atoms with Gasteiger partial charge in [0.15, 0.2) is 12.5 Å². The summed E-state index contributed by atoms with van der Waals surface area (Å²) in [6.45, 7) is -1.74. The summed E-state index contributed by atoms with van der Waals surface area (Å²) >= 11 is 0. The van der Waals surface area contributed by atoms with Gasteiger partial charge in [-0.3, -0.25) is 0 Å². The van der Waals surface area contributed by atoms with Crippen LogP contribution < -0.4 is 0 Å². The number of ether oxygens (including phenoxy) is 3. The molecule has 2 rings (SSSR count). The summed E-state index contributed by atoms with van der Waals surface area (Å²) in [4.78, 5) is 0. The van der Waals surface area contributed by atoms with Crippen LogP contribution in [-0.2, 0) is 14.2 Å². The second kappa shape index (κ2) is 7.63. The van der Waals surface area contributed by atoms with E-state index in [9.17, 15) is 30.6 Å². The molecule has 0 saturated carbocycles. The highest BCUT2D eigenvalue weighted by atomic mass is 16.8. The maximum Gasteiger partial charge on any atom is 0.189 e. The lowest BCUT2D eigenvalue weighted by Gasteiger charge is -2.44. The molecule has 8 N–H and O–H groups in total. The summed E-state index contributed by atoms with van der Waals surface area (Å²) in [6, 6.07) is 0. The van der Waals surface area contributed by atoms with Gasteiger partial charge in [-0.25, -0.2) is 0 Å². The van der Waals surface area contributed by atoms with Gasteiger partial charge >= 0.3 is 0 Å². The van der Waals surface area contributed by atoms with Crippen molar-refractivity contribution in [2.45, 2.75) is 61.4 Å².